The van der Waals surface area contributed by atoms with Gasteiger partial charge in [-0.1, -0.05) is 13.8 Å². The van der Waals surface area contributed by atoms with E-state index in [1.165, 1.54) is 20.0 Å². The van der Waals surface area contributed by atoms with Gasteiger partial charge in [0.15, 0.2) is 0 Å². The van der Waals surface area contributed by atoms with Crippen LogP contribution in [0.25, 0.3) is 0 Å². The van der Waals surface area contributed by atoms with Crippen molar-refractivity contribution in [2.45, 2.75) is 39.5 Å². The molecule has 0 aliphatic heterocycles. The monoisotopic (exact) mass is 221 g/mol. The number of rotatable bonds is 2. The molecule has 0 aromatic carbocycles. The second kappa shape index (κ2) is 5.64. The molecule has 3 nitrogen and oxygen atoms in total. The summed E-state index contributed by atoms with van der Waals surface area (Å²) in [6, 6.07) is 1.93. The zero-order chi connectivity index (χ0) is 12.1. The fourth-order valence-electron chi connectivity index (χ4n) is 1.69. The predicted octanol–water partition coefficient (Wildman–Crippen LogP) is 3.08. The van der Waals surface area contributed by atoms with Gasteiger partial charge in [-0.3, -0.25) is 4.98 Å². The standard InChI is InChI=1S/C11H13NO2.C2H6/c1-7-10(11(13)14-2)9(5-6-12-7)8-3-4-8;1-2/h5-6,8H,3-4H2,1-2H3;1-2H3. The number of pyridine rings is 1. The largest absolute Gasteiger partial charge is 0.465 e. The first-order valence-electron chi connectivity index (χ1n) is 5.78. The molecule has 0 amide bonds. The lowest BCUT2D eigenvalue weighted by Gasteiger charge is -2.08. The van der Waals surface area contributed by atoms with Crippen molar-refractivity contribution in [2.24, 2.45) is 0 Å². The number of esters is 1. The van der Waals surface area contributed by atoms with E-state index in [2.05, 4.69) is 4.98 Å². The van der Waals surface area contributed by atoms with Crippen LogP contribution >= 0.6 is 0 Å². The summed E-state index contributed by atoms with van der Waals surface area (Å²) in [7, 11) is 1.41. The third kappa shape index (κ3) is 2.60. The molecule has 16 heavy (non-hydrogen) atoms. The van der Waals surface area contributed by atoms with Gasteiger partial charge in [-0.05, 0) is 37.3 Å². The Bertz CT molecular complexity index is 370. The molecular weight excluding hydrogens is 202 g/mol. The van der Waals surface area contributed by atoms with Crippen molar-refractivity contribution in [3.63, 3.8) is 0 Å². The summed E-state index contributed by atoms with van der Waals surface area (Å²) in [5.41, 5.74) is 2.53. The Balaban J connectivity index is 0.000000606. The van der Waals surface area contributed by atoms with E-state index in [4.69, 9.17) is 4.74 Å². The van der Waals surface area contributed by atoms with Crippen LogP contribution in [0.4, 0.5) is 0 Å². The molecule has 1 aliphatic rings. The van der Waals surface area contributed by atoms with Crippen molar-refractivity contribution in [3.05, 3.63) is 29.1 Å². The second-order valence-corrected chi connectivity index (χ2v) is 3.63. The molecule has 0 N–H and O–H groups in total. The van der Waals surface area contributed by atoms with Gasteiger partial charge in [-0.2, -0.15) is 0 Å². The second-order valence-electron chi connectivity index (χ2n) is 3.63. The molecule has 1 aliphatic carbocycles. The van der Waals surface area contributed by atoms with Gasteiger partial charge in [0.25, 0.3) is 0 Å². The van der Waals surface area contributed by atoms with Crippen molar-refractivity contribution in [2.75, 3.05) is 7.11 Å². The highest BCUT2D eigenvalue weighted by atomic mass is 16.5. The van der Waals surface area contributed by atoms with Gasteiger partial charge in [0.05, 0.1) is 18.4 Å². The topological polar surface area (TPSA) is 39.2 Å². The number of hydrogen-bond acceptors (Lipinski definition) is 3. The fraction of sp³-hybridized carbons (Fsp3) is 0.538. The van der Waals surface area contributed by atoms with Crippen LogP contribution in [0, 0.1) is 6.92 Å². The quantitative estimate of drug-likeness (QED) is 0.720. The summed E-state index contributed by atoms with van der Waals surface area (Å²) in [4.78, 5) is 15.6. The average molecular weight is 221 g/mol. The molecule has 0 spiro atoms. The van der Waals surface area contributed by atoms with Gasteiger partial charge >= 0.3 is 5.97 Å². The third-order valence-corrected chi connectivity index (χ3v) is 2.58. The SMILES string of the molecule is CC.COC(=O)c1c(C2CC2)ccnc1C. The van der Waals surface area contributed by atoms with Crippen molar-refractivity contribution in [1.29, 1.82) is 0 Å². The maximum atomic E-state index is 11.5. The Morgan fingerprint density at radius 1 is 1.44 bits per heavy atom. The first-order chi connectivity index (χ1) is 7.74. The van der Waals surface area contributed by atoms with Crippen molar-refractivity contribution >= 4 is 5.97 Å². The Hall–Kier alpha value is -1.38. The van der Waals surface area contributed by atoms with Crippen LogP contribution in [0.5, 0.6) is 0 Å². The highest BCUT2D eigenvalue weighted by molar-refractivity contribution is 5.92. The number of carbonyl (C=O) groups is 1. The number of ether oxygens (including phenoxy) is 1. The van der Waals surface area contributed by atoms with Gasteiger partial charge in [0.2, 0.25) is 0 Å². The Kier molecular flexibility index (Phi) is 4.47. The van der Waals surface area contributed by atoms with E-state index in [1.807, 2.05) is 26.8 Å². The molecule has 0 unspecified atom stereocenters. The molecule has 2 rings (SSSR count). The Labute approximate surface area is 96.8 Å². The van der Waals surface area contributed by atoms with Crippen LogP contribution in [0.1, 0.15) is 54.2 Å². The minimum atomic E-state index is -0.266. The number of aryl methyl sites for hydroxylation is 1. The van der Waals surface area contributed by atoms with Gasteiger partial charge in [0.1, 0.15) is 0 Å². The number of methoxy groups -OCH3 is 1. The third-order valence-electron chi connectivity index (χ3n) is 2.58. The lowest BCUT2D eigenvalue weighted by molar-refractivity contribution is 0.0598. The molecule has 88 valence electrons. The smallest absolute Gasteiger partial charge is 0.339 e. The van der Waals surface area contributed by atoms with Crippen molar-refractivity contribution < 1.29 is 9.53 Å². The number of carbonyl (C=O) groups excluding carboxylic acids is 1. The van der Waals surface area contributed by atoms with E-state index < -0.39 is 0 Å². The molecule has 3 heteroatoms. The average Bonchev–Trinajstić information content (AvgIpc) is 3.14. The highest BCUT2D eigenvalue weighted by Crippen LogP contribution is 2.42. The van der Waals surface area contributed by atoms with E-state index >= 15 is 0 Å². The normalized spacial score (nSPS) is 13.8. The summed E-state index contributed by atoms with van der Waals surface area (Å²) in [6.07, 6.45) is 4.11. The number of hydrogen-bond donors (Lipinski definition) is 0. The molecule has 0 bridgehead atoms. The van der Waals surface area contributed by atoms with Crippen molar-refractivity contribution in [3.8, 4) is 0 Å². The van der Waals surface area contributed by atoms with Crippen LogP contribution in [0.3, 0.4) is 0 Å². The lowest BCUT2D eigenvalue weighted by atomic mass is 10.0. The van der Waals surface area contributed by atoms with Gasteiger partial charge in [-0.25, -0.2) is 4.79 Å². The van der Waals surface area contributed by atoms with Crippen molar-refractivity contribution in [1.82, 2.24) is 4.98 Å². The highest BCUT2D eigenvalue weighted by Gasteiger charge is 2.29. The van der Waals surface area contributed by atoms with Crippen LogP contribution in [-0.2, 0) is 4.74 Å². The molecule has 1 heterocycles. The van der Waals surface area contributed by atoms with Gasteiger partial charge in [-0.15, -0.1) is 0 Å². The van der Waals surface area contributed by atoms with Gasteiger partial charge < -0.3 is 4.74 Å². The molecule has 1 aromatic heterocycles. The van der Waals surface area contributed by atoms with Crippen LogP contribution in [0.15, 0.2) is 12.3 Å². The van der Waals surface area contributed by atoms with E-state index in [-0.39, 0.29) is 5.97 Å². The molecule has 0 saturated heterocycles. The molecule has 1 aromatic rings. The summed E-state index contributed by atoms with van der Waals surface area (Å²) in [5.74, 6) is 0.281. The minimum Gasteiger partial charge on any atom is -0.465 e. The maximum absolute atomic E-state index is 11.5. The summed E-state index contributed by atoms with van der Waals surface area (Å²) in [5, 5.41) is 0. The number of aromatic nitrogens is 1. The Morgan fingerprint density at radius 2 is 2.06 bits per heavy atom. The summed E-state index contributed by atoms with van der Waals surface area (Å²) in [6.45, 7) is 5.85. The van der Waals surface area contributed by atoms with Crippen LogP contribution < -0.4 is 0 Å². The minimum absolute atomic E-state index is 0.266. The zero-order valence-electron chi connectivity index (χ0n) is 10.4. The Morgan fingerprint density at radius 3 is 2.56 bits per heavy atom. The number of nitrogens with zero attached hydrogens (tertiary/aromatic N) is 1. The first kappa shape index (κ1) is 12.7. The molecular formula is C13H19NO2. The van der Waals surface area contributed by atoms with E-state index in [0.29, 0.717) is 11.5 Å². The fourth-order valence-corrected chi connectivity index (χ4v) is 1.69. The molecule has 0 atom stereocenters. The lowest BCUT2D eigenvalue weighted by Crippen LogP contribution is -2.08. The predicted molar refractivity (Wildman–Crippen MR) is 63.6 cm³/mol. The van der Waals surface area contributed by atoms with Gasteiger partial charge in [0, 0.05) is 6.20 Å². The molecule has 1 fully saturated rings. The van der Waals surface area contributed by atoms with E-state index in [9.17, 15) is 4.79 Å². The summed E-state index contributed by atoms with van der Waals surface area (Å²) < 4.78 is 4.76. The zero-order valence-corrected chi connectivity index (χ0v) is 10.4. The molecule has 1 saturated carbocycles. The maximum Gasteiger partial charge on any atom is 0.339 e. The van der Waals surface area contributed by atoms with Crippen LogP contribution in [-0.4, -0.2) is 18.1 Å². The molecule has 0 radical (unpaired) electrons. The summed E-state index contributed by atoms with van der Waals surface area (Å²) >= 11 is 0. The van der Waals surface area contributed by atoms with E-state index in [1.54, 1.807) is 6.20 Å². The van der Waals surface area contributed by atoms with E-state index in [0.717, 1.165) is 11.3 Å². The first-order valence-corrected chi connectivity index (χ1v) is 5.78. The van der Waals surface area contributed by atoms with Crippen LogP contribution in [0.2, 0.25) is 0 Å².